The fourth-order valence-electron chi connectivity index (χ4n) is 0.849. The molecule has 0 rings (SSSR count). The highest BCUT2D eigenvalue weighted by molar-refractivity contribution is 7.51. The molecule has 0 aromatic rings. The second-order valence-corrected chi connectivity index (χ2v) is 4.32. The lowest BCUT2D eigenvalue weighted by atomic mass is 10.1. The molecule has 0 radical (unpaired) electrons. The Hall–Kier alpha value is -0.710. The highest BCUT2D eigenvalue weighted by Gasteiger charge is 2.26. The van der Waals surface area contributed by atoms with Crippen LogP contribution in [0, 0.1) is 5.92 Å². The van der Waals surface area contributed by atoms with Crippen molar-refractivity contribution in [2.45, 2.75) is 12.8 Å². The van der Waals surface area contributed by atoms with Crippen molar-refractivity contribution in [1.82, 2.24) is 0 Å². The number of aldehydes is 1. The largest absolute Gasteiger partial charge is 0.481 e. The molecule has 0 amide bonds. The first kappa shape index (κ1) is 12.3. The van der Waals surface area contributed by atoms with E-state index in [-0.39, 0.29) is 12.8 Å². The molecule has 1 unspecified atom stereocenters. The first-order valence-electron chi connectivity index (χ1n) is 3.58. The second kappa shape index (κ2) is 5.11. The Labute approximate surface area is 74.7 Å². The Morgan fingerprint density at radius 3 is 2.31 bits per heavy atom. The topological polar surface area (TPSA) is 112 Å². The summed E-state index contributed by atoms with van der Waals surface area (Å²) in [6, 6.07) is 0. The van der Waals surface area contributed by atoms with Crippen molar-refractivity contribution >= 4 is 19.9 Å². The Morgan fingerprint density at radius 2 is 2.00 bits per heavy atom. The Morgan fingerprint density at radius 1 is 1.46 bits per heavy atom. The van der Waals surface area contributed by atoms with E-state index in [1.165, 1.54) is 0 Å². The SMILES string of the molecule is O=CCCC(CP(=O)(O)O)C(=O)O. The molecule has 0 saturated carbocycles. The monoisotopic (exact) mass is 210 g/mol. The normalized spacial score (nSPS) is 13.7. The maximum atomic E-state index is 10.5. The van der Waals surface area contributed by atoms with Crippen LogP contribution in [-0.2, 0) is 14.2 Å². The number of carbonyl (C=O) groups is 2. The van der Waals surface area contributed by atoms with Crippen LogP contribution in [0.4, 0.5) is 0 Å². The number of carboxylic acids is 1. The molecule has 6 nitrogen and oxygen atoms in total. The van der Waals surface area contributed by atoms with Crippen LogP contribution >= 0.6 is 7.60 Å². The van der Waals surface area contributed by atoms with Crippen molar-refractivity contribution in [3.8, 4) is 0 Å². The van der Waals surface area contributed by atoms with Crippen LogP contribution in [0.1, 0.15) is 12.8 Å². The second-order valence-electron chi connectivity index (χ2n) is 2.63. The summed E-state index contributed by atoms with van der Waals surface area (Å²) in [4.78, 5) is 37.3. The van der Waals surface area contributed by atoms with Gasteiger partial charge in [-0.3, -0.25) is 9.36 Å². The van der Waals surface area contributed by atoms with E-state index in [2.05, 4.69) is 0 Å². The van der Waals surface area contributed by atoms with E-state index < -0.39 is 25.6 Å². The number of carbonyl (C=O) groups excluding carboxylic acids is 1. The molecule has 3 N–H and O–H groups in total. The van der Waals surface area contributed by atoms with E-state index in [0.717, 1.165) is 0 Å². The van der Waals surface area contributed by atoms with Crippen LogP contribution in [0.3, 0.4) is 0 Å². The predicted molar refractivity (Wildman–Crippen MR) is 43.3 cm³/mol. The zero-order valence-electron chi connectivity index (χ0n) is 6.79. The lowest BCUT2D eigenvalue weighted by molar-refractivity contribution is -0.141. The molecular weight excluding hydrogens is 199 g/mol. The summed E-state index contributed by atoms with van der Waals surface area (Å²) in [5.41, 5.74) is 0. The first-order valence-corrected chi connectivity index (χ1v) is 5.37. The van der Waals surface area contributed by atoms with Gasteiger partial charge in [0.05, 0.1) is 12.1 Å². The lowest BCUT2D eigenvalue weighted by Crippen LogP contribution is -2.18. The zero-order valence-corrected chi connectivity index (χ0v) is 7.68. The third-order valence-electron chi connectivity index (χ3n) is 1.44. The number of carboxylic acid groups (broad SMARTS) is 1. The van der Waals surface area contributed by atoms with Crippen LogP contribution in [0.25, 0.3) is 0 Å². The maximum Gasteiger partial charge on any atom is 0.326 e. The number of hydrogen-bond acceptors (Lipinski definition) is 3. The van der Waals surface area contributed by atoms with Gasteiger partial charge in [0.25, 0.3) is 0 Å². The van der Waals surface area contributed by atoms with Crippen molar-refractivity contribution in [1.29, 1.82) is 0 Å². The van der Waals surface area contributed by atoms with Gasteiger partial charge in [-0.25, -0.2) is 0 Å². The van der Waals surface area contributed by atoms with E-state index in [4.69, 9.17) is 14.9 Å². The van der Waals surface area contributed by atoms with Gasteiger partial charge in [0.2, 0.25) is 0 Å². The molecule has 76 valence electrons. The fraction of sp³-hybridized carbons (Fsp3) is 0.667. The average Bonchev–Trinajstić information content (AvgIpc) is 1.95. The van der Waals surface area contributed by atoms with Crippen LogP contribution in [-0.4, -0.2) is 33.3 Å². The summed E-state index contributed by atoms with van der Waals surface area (Å²) >= 11 is 0. The molecular formula is C6H11O6P. The lowest BCUT2D eigenvalue weighted by Gasteiger charge is -2.10. The van der Waals surface area contributed by atoms with Gasteiger partial charge in [-0.2, -0.15) is 0 Å². The predicted octanol–water partition coefficient (Wildman–Crippen LogP) is -0.156. The number of hydrogen-bond donors (Lipinski definition) is 3. The van der Waals surface area contributed by atoms with Crippen LogP contribution < -0.4 is 0 Å². The van der Waals surface area contributed by atoms with Crippen molar-refractivity contribution in [3.05, 3.63) is 0 Å². The third-order valence-corrected chi connectivity index (χ3v) is 2.36. The Bertz CT molecular complexity index is 231. The first-order chi connectivity index (χ1) is 5.87. The van der Waals surface area contributed by atoms with Gasteiger partial charge in [-0.1, -0.05) is 0 Å². The zero-order chi connectivity index (χ0) is 10.5. The third kappa shape index (κ3) is 6.45. The number of rotatable bonds is 6. The molecule has 0 aliphatic heterocycles. The van der Waals surface area contributed by atoms with Crippen LogP contribution in [0.5, 0.6) is 0 Å². The van der Waals surface area contributed by atoms with E-state index in [0.29, 0.717) is 6.29 Å². The smallest absolute Gasteiger partial charge is 0.326 e. The average molecular weight is 210 g/mol. The van der Waals surface area contributed by atoms with Gasteiger partial charge in [-0.05, 0) is 6.42 Å². The minimum absolute atomic E-state index is 0.00301. The maximum absolute atomic E-state index is 10.5. The summed E-state index contributed by atoms with van der Waals surface area (Å²) < 4.78 is 10.5. The van der Waals surface area contributed by atoms with E-state index in [1.807, 2.05) is 0 Å². The van der Waals surface area contributed by atoms with Gasteiger partial charge in [0, 0.05) is 6.42 Å². The van der Waals surface area contributed by atoms with E-state index in [9.17, 15) is 14.2 Å². The van der Waals surface area contributed by atoms with Crippen molar-refractivity contribution in [2.24, 2.45) is 5.92 Å². The molecule has 0 spiro atoms. The minimum Gasteiger partial charge on any atom is -0.481 e. The molecule has 0 aromatic carbocycles. The quantitative estimate of drug-likeness (QED) is 0.415. The van der Waals surface area contributed by atoms with Gasteiger partial charge < -0.3 is 19.7 Å². The summed E-state index contributed by atoms with van der Waals surface area (Å²) in [6.07, 6.45) is -0.229. The van der Waals surface area contributed by atoms with Gasteiger partial charge in [0.1, 0.15) is 6.29 Å². The summed E-state index contributed by atoms with van der Waals surface area (Å²) in [5, 5.41) is 8.50. The molecule has 0 bridgehead atoms. The summed E-state index contributed by atoms with van der Waals surface area (Å²) in [6.45, 7) is 0. The molecule has 7 heteroatoms. The molecule has 1 atom stereocenters. The van der Waals surface area contributed by atoms with Crippen LogP contribution in [0.2, 0.25) is 0 Å². The highest BCUT2D eigenvalue weighted by atomic mass is 31.2. The standard InChI is InChI=1S/C6H11O6P/c7-3-1-2-5(6(8)9)4-13(10,11)12/h3,5H,1-2,4H2,(H,8,9)(H2,10,11,12). The van der Waals surface area contributed by atoms with Crippen molar-refractivity contribution < 1.29 is 29.0 Å². The Balaban J connectivity index is 4.18. The molecule has 0 saturated heterocycles. The van der Waals surface area contributed by atoms with Gasteiger partial charge in [-0.15, -0.1) is 0 Å². The molecule has 0 fully saturated rings. The minimum atomic E-state index is -4.31. The number of aliphatic carboxylic acids is 1. The molecule has 0 heterocycles. The van der Waals surface area contributed by atoms with Gasteiger partial charge >= 0.3 is 13.6 Å². The van der Waals surface area contributed by atoms with Crippen molar-refractivity contribution in [2.75, 3.05) is 6.16 Å². The molecule has 0 aromatic heterocycles. The summed E-state index contributed by atoms with van der Waals surface area (Å²) in [7, 11) is -4.31. The molecule has 0 aliphatic rings. The highest BCUT2D eigenvalue weighted by Crippen LogP contribution is 2.37. The fourth-order valence-corrected chi connectivity index (χ4v) is 1.76. The van der Waals surface area contributed by atoms with Crippen molar-refractivity contribution in [3.63, 3.8) is 0 Å². The van der Waals surface area contributed by atoms with Crippen LogP contribution in [0.15, 0.2) is 0 Å². The van der Waals surface area contributed by atoms with E-state index in [1.54, 1.807) is 0 Å². The molecule has 13 heavy (non-hydrogen) atoms. The molecule has 0 aliphatic carbocycles. The Kier molecular flexibility index (Phi) is 4.83. The van der Waals surface area contributed by atoms with E-state index >= 15 is 0 Å². The summed E-state index contributed by atoms with van der Waals surface area (Å²) in [5.74, 6) is -2.43. The van der Waals surface area contributed by atoms with Gasteiger partial charge in [0.15, 0.2) is 0 Å².